The first kappa shape index (κ1) is 25.1. The van der Waals surface area contributed by atoms with Crippen LogP contribution in [0.5, 0.6) is 11.5 Å². The van der Waals surface area contributed by atoms with Gasteiger partial charge in [0, 0.05) is 34.9 Å². The highest BCUT2D eigenvalue weighted by atomic mass is 16.5. The van der Waals surface area contributed by atoms with E-state index in [-0.39, 0.29) is 0 Å². The van der Waals surface area contributed by atoms with Gasteiger partial charge in [0.1, 0.15) is 24.8 Å². The van der Waals surface area contributed by atoms with Gasteiger partial charge in [-0.15, -0.1) is 0 Å². The van der Waals surface area contributed by atoms with Crippen molar-refractivity contribution < 1.29 is 4.74 Å². The van der Waals surface area contributed by atoms with Gasteiger partial charge >= 0.3 is 0 Å². The van der Waals surface area contributed by atoms with E-state index in [4.69, 9.17) is 4.74 Å². The Morgan fingerprint density at radius 2 is 0.651 bits per heavy atom. The number of hydrogen-bond donors (Lipinski definition) is 0. The third-order valence-corrected chi connectivity index (χ3v) is 8.12. The van der Waals surface area contributed by atoms with Gasteiger partial charge in [-0.25, -0.2) is 0 Å². The maximum Gasteiger partial charge on any atom is 0.129 e. The van der Waals surface area contributed by atoms with Crippen LogP contribution in [0.2, 0.25) is 0 Å². The largest absolute Gasteiger partial charge is 0.457 e. The molecule has 43 heavy (non-hydrogen) atoms. The number of nitrogens with zero attached hydrogens (tertiary/aromatic N) is 4. The second kappa shape index (κ2) is 10.6. The summed E-state index contributed by atoms with van der Waals surface area (Å²) < 4.78 is 6.50. The lowest BCUT2D eigenvalue weighted by molar-refractivity contribution is 0.483. The summed E-state index contributed by atoms with van der Waals surface area (Å²) in [5, 5.41) is 0. The lowest BCUT2D eigenvalue weighted by Gasteiger charge is -2.23. The van der Waals surface area contributed by atoms with Crippen LogP contribution in [0.1, 0.15) is 0 Å². The van der Waals surface area contributed by atoms with E-state index in [1.54, 1.807) is 0 Å². The van der Waals surface area contributed by atoms with Crippen LogP contribution in [0.4, 0.5) is 45.5 Å². The van der Waals surface area contributed by atoms with Crippen LogP contribution in [-0.2, 0) is 0 Å². The molecule has 0 atom stereocenters. The molecule has 5 heteroatoms. The summed E-state index contributed by atoms with van der Waals surface area (Å²) in [4.78, 5) is 9.37. The Labute approximate surface area is 252 Å². The lowest BCUT2D eigenvalue weighted by Crippen LogP contribution is -2.23. The Kier molecular flexibility index (Phi) is 6.19. The van der Waals surface area contributed by atoms with E-state index in [1.807, 2.05) is 12.1 Å². The highest BCUT2D eigenvalue weighted by Gasteiger charge is 2.29. The molecule has 208 valence electrons. The SMILES string of the molecule is c1ccc(N2CN(c3cccc(Oc4cccc(N5CN(c6ccccc6)c6ccccc65)c4)c3)c3ccccc32)cc1. The molecule has 5 nitrogen and oxygen atoms in total. The minimum Gasteiger partial charge on any atom is -0.457 e. The summed E-state index contributed by atoms with van der Waals surface area (Å²) in [5.41, 5.74) is 9.29. The average molecular weight is 559 g/mol. The van der Waals surface area contributed by atoms with Gasteiger partial charge in [0.25, 0.3) is 0 Å². The van der Waals surface area contributed by atoms with Crippen LogP contribution in [0, 0.1) is 0 Å². The van der Waals surface area contributed by atoms with Crippen LogP contribution in [0.15, 0.2) is 158 Å². The minimum atomic E-state index is 0.731. The van der Waals surface area contributed by atoms with Crippen molar-refractivity contribution in [1.82, 2.24) is 0 Å². The molecule has 0 unspecified atom stereocenters. The fourth-order valence-electron chi connectivity index (χ4n) is 6.09. The first-order valence-electron chi connectivity index (χ1n) is 14.6. The second-order valence-corrected chi connectivity index (χ2v) is 10.7. The molecule has 0 spiro atoms. The van der Waals surface area contributed by atoms with Crippen LogP contribution in [0.25, 0.3) is 0 Å². The van der Waals surface area contributed by atoms with Gasteiger partial charge < -0.3 is 24.3 Å². The number of anilines is 8. The van der Waals surface area contributed by atoms with Gasteiger partial charge in [0.15, 0.2) is 0 Å². The van der Waals surface area contributed by atoms with Gasteiger partial charge in [-0.3, -0.25) is 0 Å². The average Bonchev–Trinajstić information content (AvgIpc) is 3.66. The number of fused-ring (bicyclic) bond motifs is 2. The van der Waals surface area contributed by atoms with E-state index in [1.165, 1.54) is 34.1 Å². The molecule has 0 fully saturated rings. The van der Waals surface area contributed by atoms with Crippen molar-refractivity contribution in [1.29, 1.82) is 0 Å². The molecule has 0 saturated heterocycles. The Balaban J connectivity index is 1.07. The molecular weight excluding hydrogens is 528 g/mol. The molecule has 8 rings (SSSR count). The Hall–Kier alpha value is -5.68. The van der Waals surface area contributed by atoms with E-state index in [0.717, 1.165) is 36.2 Å². The first-order chi connectivity index (χ1) is 21.3. The molecule has 0 aliphatic carbocycles. The molecule has 0 aromatic heterocycles. The van der Waals surface area contributed by atoms with Gasteiger partial charge in [0.05, 0.1) is 22.7 Å². The van der Waals surface area contributed by atoms with Crippen LogP contribution >= 0.6 is 0 Å². The summed E-state index contributed by atoms with van der Waals surface area (Å²) >= 11 is 0. The minimum absolute atomic E-state index is 0.731. The Morgan fingerprint density at radius 1 is 0.326 bits per heavy atom. The van der Waals surface area contributed by atoms with Gasteiger partial charge in [0.2, 0.25) is 0 Å². The quantitative estimate of drug-likeness (QED) is 0.202. The summed E-state index contributed by atoms with van der Waals surface area (Å²) in [5.74, 6) is 1.61. The fourth-order valence-corrected chi connectivity index (χ4v) is 6.09. The standard InChI is InChI=1S/C38H30N4O/c1-3-13-29(14-4-1)39-27-41(37-23-9-7-21-35(37)39)31-17-11-19-33(25-31)43-34-20-12-18-32(26-34)42-28-40(30-15-5-2-6-16-30)36-22-8-10-24-38(36)42/h1-26H,27-28H2. The van der Waals surface area contributed by atoms with Crippen molar-refractivity contribution in [2.24, 2.45) is 0 Å². The number of para-hydroxylation sites is 6. The highest BCUT2D eigenvalue weighted by molar-refractivity contribution is 5.88. The molecule has 0 bridgehead atoms. The predicted molar refractivity (Wildman–Crippen MR) is 177 cm³/mol. The number of hydrogen-bond acceptors (Lipinski definition) is 5. The highest BCUT2D eigenvalue weighted by Crippen LogP contribution is 2.46. The van der Waals surface area contributed by atoms with Crippen LogP contribution in [-0.4, -0.2) is 13.3 Å². The summed E-state index contributed by atoms with van der Waals surface area (Å²) in [6, 6.07) is 54.9. The zero-order chi connectivity index (χ0) is 28.6. The maximum absolute atomic E-state index is 6.50. The topological polar surface area (TPSA) is 22.2 Å². The number of rotatable bonds is 6. The van der Waals surface area contributed by atoms with E-state index in [2.05, 4.69) is 165 Å². The van der Waals surface area contributed by atoms with Crippen LogP contribution in [0.3, 0.4) is 0 Å². The van der Waals surface area contributed by atoms with Crippen molar-refractivity contribution >= 4 is 45.5 Å². The monoisotopic (exact) mass is 558 g/mol. The maximum atomic E-state index is 6.50. The molecule has 0 radical (unpaired) electrons. The molecule has 6 aromatic carbocycles. The molecule has 0 amide bonds. The van der Waals surface area contributed by atoms with E-state index >= 15 is 0 Å². The molecule has 6 aromatic rings. The third kappa shape index (κ3) is 4.61. The second-order valence-electron chi connectivity index (χ2n) is 10.7. The van der Waals surface area contributed by atoms with Crippen molar-refractivity contribution in [2.45, 2.75) is 0 Å². The summed E-state index contributed by atoms with van der Waals surface area (Å²) in [6.07, 6.45) is 0. The molecular formula is C38H30N4O. The molecule has 0 N–H and O–H groups in total. The van der Waals surface area contributed by atoms with E-state index < -0.39 is 0 Å². The molecule has 2 aliphatic heterocycles. The Morgan fingerprint density at radius 3 is 1.05 bits per heavy atom. The zero-order valence-electron chi connectivity index (χ0n) is 23.6. The zero-order valence-corrected chi connectivity index (χ0v) is 23.6. The van der Waals surface area contributed by atoms with Crippen LogP contribution < -0.4 is 24.3 Å². The summed E-state index contributed by atoms with van der Waals surface area (Å²) in [7, 11) is 0. The van der Waals surface area contributed by atoms with Crippen molar-refractivity contribution in [3.05, 3.63) is 158 Å². The smallest absolute Gasteiger partial charge is 0.129 e. The van der Waals surface area contributed by atoms with E-state index in [9.17, 15) is 0 Å². The van der Waals surface area contributed by atoms with Gasteiger partial charge in [-0.2, -0.15) is 0 Å². The molecule has 2 heterocycles. The number of ether oxygens (including phenoxy) is 1. The predicted octanol–water partition coefficient (Wildman–Crippen LogP) is 9.97. The Bertz CT molecular complexity index is 1750. The van der Waals surface area contributed by atoms with Crippen molar-refractivity contribution in [3.8, 4) is 11.5 Å². The van der Waals surface area contributed by atoms with Crippen molar-refractivity contribution in [2.75, 3.05) is 32.9 Å². The third-order valence-electron chi connectivity index (χ3n) is 8.12. The van der Waals surface area contributed by atoms with E-state index in [0.29, 0.717) is 0 Å². The molecule has 2 aliphatic rings. The summed E-state index contributed by atoms with van der Waals surface area (Å²) in [6.45, 7) is 1.46. The number of benzene rings is 6. The normalized spacial score (nSPS) is 13.7. The van der Waals surface area contributed by atoms with Gasteiger partial charge in [-0.1, -0.05) is 72.8 Å². The fraction of sp³-hybridized carbons (Fsp3) is 0.0526. The van der Waals surface area contributed by atoms with Gasteiger partial charge in [-0.05, 0) is 72.8 Å². The lowest BCUT2D eigenvalue weighted by atomic mass is 10.2. The van der Waals surface area contributed by atoms with Crippen molar-refractivity contribution in [3.63, 3.8) is 0 Å². The first-order valence-corrected chi connectivity index (χ1v) is 14.6. The molecule has 0 saturated carbocycles.